The number of aliphatic hydroxyl groups is 1. The Bertz CT molecular complexity index is 186. The molecule has 3 nitrogen and oxygen atoms in total. The topological polar surface area (TPSA) is 46.5 Å². The van der Waals surface area contributed by atoms with Crippen LogP contribution in [0.1, 0.15) is 26.7 Å². The zero-order chi connectivity index (χ0) is 9.35. The number of hydrogen-bond donors (Lipinski definition) is 1. The van der Waals surface area contributed by atoms with Crippen LogP contribution in [-0.4, -0.2) is 24.3 Å². The fourth-order valence-electron chi connectivity index (χ4n) is 1.86. The van der Waals surface area contributed by atoms with Crippen molar-refractivity contribution in [2.75, 3.05) is 7.11 Å². The Morgan fingerprint density at radius 2 is 2.08 bits per heavy atom. The van der Waals surface area contributed by atoms with Crippen LogP contribution in [0, 0.1) is 11.3 Å². The summed E-state index contributed by atoms with van der Waals surface area (Å²) in [5.41, 5.74) is -0.326. The lowest BCUT2D eigenvalue weighted by atomic mass is 9.80. The number of hydrogen-bond acceptors (Lipinski definition) is 3. The van der Waals surface area contributed by atoms with E-state index in [0.717, 1.165) is 6.42 Å². The Hall–Kier alpha value is -0.570. The summed E-state index contributed by atoms with van der Waals surface area (Å²) in [6.45, 7) is 3.82. The Morgan fingerprint density at radius 3 is 2.42 bits per heavy atom. The smallest absolute Gasteiger partial charge is 0.309 e. The van der Waals surface area contributed by atoms with Crippen molar-refractivity contribution < 1.29 is 14.6 Å². The molecule has 1 N–H and O–H groups in total. The highest BCUT2D eigenvalue weighted by Gasteiger charge is 2.46. The average molecular weight is 172 g/mol. The zero-order valence-corrected chi connectivity index (χ0v) is 7.83. The lowest BCUT2D eigenvalue weighted by Gasteiger charge is -2.27. The van der Waals surface area contributed by atoms with Crippen LogP contribution in [0.15, 0.2) is 0 Å². The third-order valence-corrected chi connectivity index (χ3v) is 2.97. The summed E-state index contributed by atoms with van der Waals surface area (Å²) in [5, 5.41) is 9.56. The molecule has 0 bridgehead atoms. The molecule has 0 aromatic heterocycles. The molecule has 0 spiro atoms. The van der Waals surface area contributed by atoms with E-state index in [1.165, 1.54) is 7.11 Å². The number of ether oxygens (including phenoxy) is 1. The van der Waals surface area contributed by atoms with E-state index >= 15 is 0 Å². The Balaban J connectivity index is 2.74. The monoisotopic (exact) mass is 172 g/mol. The first-order valence-corrected chi connectivity index (χ1v) is 4.26. The Morgan fingerprint density at radius 1 is 1.50 bits per heavy atom. The summed E-state index contributed by atoms with van der Waals surface area (Å²) in [6.07, 6.45) is 1.06. The van der Waals surface area contributed by atoms with E-state index in [2.05, 4.69) is 4.74 Å². The van der Waals surface area contributed by atoms with Crippen LogP contribution in [0.2, 0.25) is 0 Å². The van der Waals surface area contributed by atoms with Gasteiger partial charge < -0.3 is 9.84 Å². The van der Waals surface area contributed by atoms with Gasteiger partial charge in [0.2, 0.25) is 0 Å². The molecule has 3 heteroatoms. The molecule has 1 rings (SSSR count). The van der Waals surface area contributed by atoms with Crippen LogP contribution in [-0.2, 0) is 9.53 Å². The molecule has 1 aliphatic rings. The highest BCUT2D eigenvalue weighted by atomic mass is 16.5. The predicted molar refractivity (Wildman–Crippen MR) is 44.5 cm³/mol. The van der Waals surface area contributed by atoms with Gasteiger partial charge in [0.1, 0.15) is 0 Å². The third-order valence-electron chi connectivity index (χ3n) is 2.97. The van der Waals surface area contributed by atoms with Gasteiger partial charge in [0, 0.05) is 5.41 Å². The number of carbonyl (C=O) groups excluding carboxylic acids is 1. The highest BCUT2D eigenvalue weighted by Crippen LogP contribution is 2.43. The molecule has 0 aliphatic heterocycles. The quantitative estimate of drug-likeness (QED) is 0.599. The number of aliphatic hydroxyl groups excluding tert-OH is 1. The molecule has 1 aliphatic carbocycles. The minimum absolute atomic E-state index is 0.141. The Labute approximate surface area is 72.7 Å². The fourth-order valence-corrected chi connectivity index (χ4v) is 1.86. The second-order valence-electron chi connectivity index (χ2n) is 3.99. The maximum Gasteiger partial charge on any atom is 0.309 e. The number of methoxy groups -OCH3 is 1. The molecule has 0 aromatic rings. The molecule has 2 atom stereocenters. The summed E-state index contributed by atoms with van der Waals surface area (Å²) >= 11 is 0. The van der Waals surface area contributed by atoms with Crippen LogP contribution in [0.3, 0.4) is 0 Å². The van der Waals surface area contributed by atoms with E-state index in [0.29, 0.717) is 6.42 Å². The third kappa shape index (κ3) is 1.33. The molecule has 0 aromatic carbocycles. The standard InChI is InChI=1S/C9H16O3/c1-9(2)6(8(11)12-3)4-5-7(9)10/h6-7,10H,4-5H2,1-3H3/t6-,7+/m0/s1. The average Bonchev–Trinajstić information content (AvgIpc) is 2.27. The highest BCUT2D eigenvalue weighted by molar-refractivity contribution is 5.73. The summed E-state index contributed by atoms with van der Waals surface area (Å²) in [5.74, 6) is -0.339. The molecule has 1 fully saturated rings. The van der Waals surface area contributed by atoms with Crippen molar-refractivity contribution in [2.45, 2.75) is 32.8 Å². The minimum atomic E-state index is -0.374. The number of esters is 1. The van der Waals surface area contributed by atoms with Gasteiger partial charge in [-0.15, -0.1) is 0 Å². The maximum atomic E-state index is 11.2. The maximum absolute atomic E-state index is 11.2. The minimum Gasteiger partial charge on any atom is -0.469 e. The van der Waals surface area contributed by atoms with Gasteiger partial charge in [-0.2, -0.15) is 0 Å². The molecule has 12 heavy (non-hydrogen) atoms. The molecule has 1 saturated carbocycles. The van der Waals surface area contributed by atoms with E-state index in [1.54, 1.807) is 0 Å². The number of rotatable bonds is 1. The van der Waals surface area contributed by atoms with Gasteiger partial charge in [-0.05, 0) is 12.8 Å². The van der Waals surface area contributed by atoms with Crippen molar-refractivity contribution in [2.24, 2.45) is 11.3 Å². The molecule has 0 radical (unpaired) electrons. The van der Waals surface area contributed by atoms with Gasteiger partial charge in [0.05, 0.1) is 19.1 Å². The van der Waals surface area contributed by atoms with E-state index in [4.69, 9.17) is 0 Å². The van der Waals surface area contributed by atoms with Gasteiger partial charge in [0.25, 0.3) is 0 Å². The van der Waals surface area contributed by atoms with Gasteiger partial charge in [-0.1, -0.05) is 13.8 Å². The molecular weight excluding hydrogens is 156 g/mol. The second kappa shape index (κ2) is 3.05. The van der Waals surface area contributed by atoms with Crippen molar-refractivity contribution in [1.29, 1.82) is 0 Å². The van der Waals surface area contributed by atoms with Crippen LogP contribution < -0.4 is 0 Å². The van der Waals surface area contributed by atoms with Gasteiger partial charge >= 0.3 is 5.97 Å². The lowest BCUT2D eigenvalue weighted by Crippen LogP contribution is -2.33. The van der Waals surface area contributed by atoms with Crippen molar-refractivity contribution in [1.82, 2.24) is 0 Å². The molecule has 0 unspecified atom stereocenters. The second-order valence-corrected chi connectivity index (χ2v) is 3.99. The molecule has 0 heterocycles. The summed E-state index contributed by atoms with van der Waals surface area (Å²) in [6, 6.07) is 0. The van der Waals surface area contributed by atoms with Crippen molar-refractivity contribution in [3.63, 3.8) is 0 Å². The largest absolute Gasteiger partial charge is 0.469 e. The molecule has 0 saturated heterocycles. The molecule has 0 amide bonds. The van der Waals surface area contributed by atoms with Crippen LogP contribution >= 0.6 is 0 Å². The zero-order valence-electron chi connectivity index (χ0n) is 7.83. The van der Waals surface area contributed by atoms with E-state index < -0.39 is 0 Å². The van der Waals surface area contributed by atoms with Crippen molar-refractivity contribution in [3.8, 4) is 0 Å². The van der Waals surface area contributed by atoms with E-state index in [-0.39, 0.29) is 23.4 Å². The lowest BCUT2D eigenvalue weighted by molar-refractivity contribution is -0.149. The van der Waals surface area contributed by atoms with Crippen LogP contribution in [0.4, 0.5) is 0 Å². The summed E-state index contributed by atoms with van der Waals surface area (Å²) in [4.78, 5) is 11.2. The predicted octanol–water partition coefficient (Wildman–Crippen LogP) is 0.956. The van der Waals surface area contributed by atoms with Crippen molar-refractivity contribution >= 4 is 5.97 Å². The SMILES string of the molecule is COC(=O)[C@@H]1CC[C@@H](O)C1(C)C. The number of carbonyl (C=O) groups is 1. The summed E-state index contributed by atoms with van der Waals surface area (Å²) in [7, 11) is 1.39. The first-order chi connectivity index (χ1) is 5.50. The van der Waals surface area contributed by atoms with Gasteiger partial charge in [-0.3, -0.25) is 4.79 Å². The molecule has 70 valence electrons. The molecular formula is C9H16O3. The first kappa shape index (κ1) is 9.52. The first-order valence-electron chi connectivity index (χ1n) is 4.26. The van der Waals surface area contributed by atoms with E-state index in [9.17, 15) is 9.90 Å². The fraction of sp³-hybridized carbons (Fsp3) is 0.889. The van der Waals surface area contributed by atoms with E-state index in [1.807, 2.05) is 13.8 Å². The normalized spacial score (nSPS) is 33.3. The van der Waals surface area contributed by atoms with Gasteiger partial charge in [0.15, 0.2) is 0 Å². The summed E-state index contributed by atoms with van der Waals surface area (Å²) < 4.78 is 4.67. The van der Waals surface area contributed by atoms with Crippen LogP contribution in [0.5, 0.6) is 0 Å². The van der Waals surface area contributed by atoms with Crippen LogP contribution in [0.25, 0.3) is 0 Å². The van der Waals surface area contributed by atoms with Gasteiger partial charge in [-0.25, -0.2) is 0 Å². The van der Waals surface area contributed by atoms with Crippen molar-refractivity contribution in [3.05, 3.63) is 0 Å². The Kier molecular flexibility index (Phi) is 2.42.